The van der Waals surface area contributed by atoms with Crippen molar-refractivity contribution in [1.29, 1.82) is 0 Å². The number of fused-ring (bicyclic) bond motifs is 1. The average molecular weight is 427 g/mol. The van der Waals surface area contributed by atoms with Crippen molar-refractivity contribution in [1.82, 2.24) is 14.7 Å². The molecule has 168 valence electrons. The Morgan fingerprint density at radius 3 is 3.00 bits per heavy atom. The van der Waals surface area contributed by atoms with E-state index in [2.05, 4.69) is 10.4 Å². The van der Waals surface area contributed by atoms with Gasteiger partial charge in [0.25, 0.3) is 6.43 Å². The van der Waals surface area contributed by atoms with Gasteiger partial charge in [-0.3, -0.25) is 4.79 Å². The summed E-state index contributed by atoms with van der Waals surface area (Å²) in [6.07, 6.45) is 2.94. The van der Waals surface area contributed by atoms with Crippen molar-refractivity contribution < 1.29 is 23.0 Å². The summed E-state index contributed by atoms with van der Waals surface area (Å²) in [5.41, 5.74) is 0.725. The number of ether oxygens (including phenoxy) is 2. The first-order valence-electron chi connectivity index (χ1n) is 11.1. The van der Waals surface area contributed by atoms with E-state index < -0.39 is 12.5 Å². The zero-order chi connectivity index (χ0) is 21.1. The van der Waals surface area contributed by atoms with Crippen LogP contribution in [0.4, 0.5) is 14.6 Å². The van der Waals surface area contributed by atoms with Crippen molar-refractivity contribution >= 4 is 11.7 Å². The van der Waals surface area contributed by atoms with Crippen LogP contribution in [0.5, 0.6) is 0 Å². The fourth-order valence-corrected chi connectivity index (χ4v) is 4.88. The SMILES string of the molecule is Cc1cc2n(n1)[C@@H](C(F)F)C[C@@H]([C@@H]1CCCN(C(=O)COC[C@@H]3CCCCO3)C1)N2. The van der Waals surface area contributed by atoms with E-state index in [9.17, 15) is 13.6 Å². The molecule has 0 aliphatic carbocycles. The number of anilines is 1. The van der Waals surface area contributed by atoms with Gasteiger partial charge in [0.1, 0.15) is 18.5 Å². The van der Waals surface area contributed by atoms with Gasteiger partial charge in [-0.15, -0.1) is 0 Å². The largest absolute Gasteiger partial charge is 0.376 e. The molecule has 4 heterocycles. The zero-order valence-electron chi connectivity index (χ0n) is 17.6. The molecule has 0 aromatic carbocycles. The van der Waals surface area contributed by atoms with Gasteiger partial charge in [0, 0.05) is 31.8 Å². The number of carbonyl (C=O) groups is 1. The minimum atomic E-state index is -2.47. The molecular formula is C21H32F2N4O3. The van der Waals surface area contributed by atoms with Crippen molar-refractivity contribution in [3.05, 3.63) is 11.8 Å². The van der Waals surface area contributed by atoms with Gasteiger partial charge in [0.05, 0.1) is 18.4 Å². The number of rotatable bonds is 6. The van der Waals surface area contributed by atoms with E-state index in [1.165, 1.54) is 4.68 Å². The van der Waals surface area contributed by atoms with Crippen molar-refractivity contribution in [2.24, 2.45) is 5.92 Å². The summed E-state index contributed by atoms with van der Waals surface area (Å²) >= 11 is 0. The van der Waals surface area contributed by atoms with Gasteiger partial charge in [-0.1, -0.05) is 0 Å². The lowest BCUT2D eigenvalue weighted by molar-refractivity contribution is -0.140. The smallest absolute Gasteiger partial charge is 0.260 e. The number of aryl methyl sites for hydroxylation is 1. The number of likely N-dealkylation sites (tertiary alicyclic amines) is 1. The minimum Gasteiger partial charge on any atom is -0.376 e. The molecule has 4 atom stereocenters. The molecule has 2 saturated heterocycles. The predicted molar refractivity (Wildman–Crippen MR) is 108 cm³/mol. The van der Waals surface area contributed by atoms with Crippen LogP contribution in [-0.4, -0.2) is 72.1 Å². The third-order valence-corrected chi connectivity index (χ3v) is 6.47. The van der Waals surface area contributed by atoms with E-state index in [1.807, 2.05) is 17.9 Å². The van der Waals surface area contributed by atoms with E-state index in [0.717, 1.165) is 44.4 Å². The van der Waals surface area contributed by atoms with E-state index in [-0.39, 0.29) is 30.6 Å². The minimum absolute atomic E-state index is 0.0300. The Hall–Kier alpha value is -1.74. The summed E-state index contributed by atoms with van der Waals surface area (Å²) in [4.78, 5) is 14.5. The topological polar surface area (TPSA) is 68.6 Å². The fraction of sp³-hybridized carbons (Fsp3) is 0.810. The molecule has 0 bridgehead atoms. The maximum Gasteiger partial charge on any atom is 0.260 e. The number of alkyl halides is 2. The molecule has 3 aliphatic rings. The summed E-state index contributed by atoms with van der Waals surface area (Å²) in [6.45, 7) is 4.35. The number of carbonyl (C=O) groups excluding carboxylic acids is 1. The molecule has 0 spiro atoms. The van der Waals surface area contributed by atoms with Gasteiger partial charge in [0.15, 0.2) is 0 Å². The number of aromatic nitrogens is 2. The number of hydrogen-bond donors (Lipinski definition) is 1. The molecule has 2 fully saturated rings. The summed E-state index contributed by atoms with van der Waals surface area (Å²) < 4.78 is 40.0. The predicted octanol–water partition coefficient (Wildman–Crippen LogP) is 3.01. The molecule has 0 saturated carbocycles. The average Bonchev–Trinajstić information content (AvgIpc) is 3.13. The molecule has 9 heteroatoms. The van der Waals surface area contributed by atoms with Crippen LogP contribution in [0.3, 0.4) is 0 Å². The van der Waals surface area contributed by atoms with Crippen LogP contribution in [-0.2, 0) is 14.3 Å². The van der Waals surface area contributed by atoms with Gasteiger partial charge in [-0.05, 0) is 51.4 Å². The van der Waals surface area contributed by atoms with Crippen LogP contribution in [0.1, 0.15) is 50.3 Å². The highest BCUT2D eigenvalue weighted by molar-refractivity contribution is 5.77. The van der Waals surface area contributed by atoms with Gasteiger partial charge < -0.3 is 19.7 Å². The first-order chi connectivity index (χ1) is 14.5. The van der Waals surface area contributed by atoms with Crippen LogP contribution in [0.25, 0.3) is 0 Å². The van der Waals surface area contributed by atoms with Crippen LogP contribution < -0.4 is 5.32 Å². The fourth-order valence-electron chi connectivity index (χ4n) is 4.88. The molecule has 1 aromatic heterocycles. The molecule has 1 amide bonds. The Balaban J connectivity index is 1.31. The van der Waals surface area contributed by atoms with Crippen molar-refractivity contribution in [3.8, 4) is 0 Å². The molecule has 1 N–H and O–H groups in total. The Bertz CT molecular complexity index is 723. The van der Waals surface area contributed by atoms with Crippen LogP contribution in [0.2, 0.25) is 0 Å². The monoisotopic (exact) mass is 426 g/mol. The Labute approximate surface area is 176 Å². The van der Waals surface area contributed by atoms with Crippen LogP contribution in [0, 0.1) is 12.8 Å². The Morgan fingerprint density at radius 2 is 2.23 bits per heavy atom. The van der Waals surface area contributed by atoms with E-state index in [0.29, 0.717) is 31.9 Å². The standard InChI is InChI=1S/C21H32F2N4O3/c1-14-9-19-24-17(10-18(21(22)23)27(19)25-14)15-5-4-7-26(11-15)20(28)13-29-12-16-6-2-3-8-30-16/h9,15-18,21,24H,2-8,10-13H2,1H3/t15-,16+,17+,18-/m1/s1. The third kappa shape index (κ3) is 4.94. The maximum absolute atomic E-state index is 13.7. The molecule has 1 aromatic rings. The molecular weight excluding hydrogens is 394 g/mol. The Kier molecular flexibility index (Phi) is 6.87. The lowest BCUT2D eigenvalue weighted by Gasteiger charge is -2.41. The molecule has 4 rings (SSSR count). The van der Waals surface area contributed by atoms with Gasteiger partial charge in [-0.25, -0.2) is 13.5 Å². The molecule has 0 radical (unpaired) electrons. The van der Waals surface area contributed by atoms with Gasteiger partial charge >= 0.3 is 0 Å². The first kappa shape index (κ1) is 21.5. The Morgan fingerprint density at radius 1 is 1.37 bits per heavy atom. The molecule has 0 unspecified atom stereocenters. The summed E-state index contributed by atoms with van der Waals surface area (Å²) in [6, 6.07) is 0.790. The highest BCUT2D eigenvalue weighted by Crippen LogP contribution is 2.36. The van der Waals surface area contributed by atoms with E-state index >= 15 is 0 Å². The van der Waals surface area contributed by atoms with Crippen molar-refractivity contribution in [3.63, 3.8) is 0 Å². The van der Waals surface area contributed by atoms with Gasteiger partial charge in [0.2, 0.25) is 5.91 Å². The van der Waals surface area contributed by atoms with E-state index in [4.69, 9.17) is 9.47 Å². The van der Waals surface area contributed by atoms with Crippen molar-refractivity contribution in [2.45, 2.75) is 70.1 Å². The summed E-state index contributed by atoms with van der Waals surface area (Å²) in [5, 5.41) is 7.63. The zero-order valence-corrected chi connectivity index (χ0v) is 17.6. The number of nitrogens with one attached hydrogen (secondary N) is 1. The normalized spacial score (nSPS) is 29.5. The highest BCUT2D eigenvalue weighted by Gasteiger charge is 2.38. The first-order valence-corrected chi connectivity index (χ1v) is 11.1. The number of piperidine rings is 1. The molecule has 7 nitrogen and oxygen atoms in total. The van der Waals surface area contributed by atoms with Crippen LogP contribution >= 0.6 is 0 Å². The summed E-state index contributed by atoms with van der Waals surface area (Å²) in [7, 11) is 0. The van der Waals surface area contributed by atoms with Gasteiger partial charge in [-0.2, -0.15) is 5.10 Å². The van der Waals surface area contributed by atoms with Crippen LogP contribution in [0.15, 0.2) is 6.07 Å². The second-order valence-corrected chi connectivity index (χ2v) is 8.75. The molecule has 30 heavy (non-hydrogen) atoms. The quantitative estimate of drug-likeness (QED) is 0.757. The second-order valence-electron chi connectivity index (χ2n) is 8.75. The van der Waals surface area contributed by atoms with Crippen molar-refractivity contribution in [2.75, 3.05) is 38.2 Å². The summed E-state index contributed by atoms with van der Waals surface area (Å²) in [5.74, 6) is 0.750. The number of amides is 1. The van der Waals surface area contributed by atoms with E-state index in [1.54, 1.807) is 0 Å². The number of nitrogens with zero attached hydrogens (tertiary/aromatic N) is 3. The second kappa shape index (κ2) is 9.60. The number of hydrogen-bond acceptors (Lipinski definition) is 5. The highest BCUT2D eigenvalue weighted by atomic mass is 19.3. The number of halogens is 2. The lowest BCUT2D eigenvalue weighted by Crippen LogP contribution is -2.49. The third-order valence-electron chi connectivity index (χ3n) is 6.47. The lowest BCUT2D eigenvalue weighted by atomic mass is 9.86. The molecule has 3 aliphatic heterocycles. The maximum atomic E-state index is 13.7.